The van der Waals surface area contributed by atoms with Crippen molar-refractivity contribution in [2.45, 2.75) is 84.0 Å². The molecule has 0 bridgehead atoms. The van der Waals surface area contributed by atoms with E-state index in [4.69, 9.17) is 9.15 Å². The van der Waals surface area contributed by atoms with Gasteiger partial charge in [-0.1, -0.05) is 89.7 Å². The van der Waals surface area contributed by atoms with E-state index in [1.54, 1.807) is 6.07 Å². The van der Waals surface area contributed by atoms with Crippen LogP contribution in [-0.4, -0.2) is 17.7 Å². The number of ether oxygens (including phenoxy) is 1. The zero-order valence-corrected chi connectivity index (χ0v) is 16.7. The molecule has 0 unspecified atom stereocenters. The van der Waals surface area contributed by atoms with Gasteiger partial charge < -0.3 is 14.3 Å². The Morgan fingerprint density at radius 2 is 1.44 bits per heavy atom. The second kappa shape index (κ2) is 12.4. The lowest BCUT2D eigenvalue weighted by atomic mass is 10.1. The second-order valence-electron chi connectivity index (χ2n) is 7.30. The maximum atomic E-state index is 11.4. The third kappa shape index (κ3) is 7.28. The Balaban J connectivity index is 1.57. The largest absolute Gasteiger partial charge is 0.489 e. The van der Waals surface area contributed by atoms with E-state index in [0.29, 0.717) is 17.9 Å². The fraction of sp³-hybridized carbons (Fsp3) is 0.609. The van der Waals surface area contributed by atoms with Crippen LogP contribution in [0.15, 0.2) is 28.7 Å². The van der Waals surface area contributed by atoms with Crippen LogP contribution in [0.4, 0.5) is 0 Å². The molecule has 2 aromatic rings. The molecule has 0 amide bonds. The monoisotopic (exact) mass is 374 g/mol. The SMILES string of the molecule is CCCCCCCCCCCCCCOc1c(C(=O)O)oc2ccccc12. The van der Waals surface area contributed by atoms with Crippen molar-refractivity contribution in [1.82, 2.24) is 0 Å². The Labute approximate surface area is 162 Å². The maximum absolute atomic E-state index is 11.4. The average molecular weight is 375 g/mol. The van der Waals surface area contributed by atoms with Crippen molar-refractivity contribution in [3.63, 3.8) is 0 Å². The van der Waals surface area contributed by atoms with E-state index in [0.717, 1.165) is 18.2 Å². The molecule has 1 aromatic heterocycles. The first-order valence-electron chi connectivity index (χ1n) is 10.6. The van der Waals surface area contributed by atoms with Gasteiger partial charge in [0.15, 0.2) is 5.75 Å². The van der Waals surface area contributed by atoms with Gasteiger partial charge in [0.05, 0.1) is 12.0 Å². The lowest BCUT2D eigenvalue weighted by molar-refractivity contribution is 0.0658. The van der Waals surface area contributed by atoms with Crippen LogP contribution < -0.4 is 4.74 Å². The number of carboxylic acids is 1. The molecule has 1 aromatic carbocycles. The molecule has 0 saturated heterocycles. The number of rotatable bonds is 15. The number of furan rings is 1. The normalized spacial score (nSPS) is 11.1. The van der Waals surface area contributed by atoms with Crippen LogP contribution in [0.25, 0.3) is 11.0 Å². The van der Waals surface area contributed by atoms with E-state index in [9.17, 15) is 9.90 Å². The Kier molecular flexibility index (Phi) is 9.81. The van der Waals surface area contributed by atoms with Crippen molar-refractivity contribution >= 4 is 16.9 Å². The van der Waals surface area contributed by atoms with Crippen LogP contribution in [0.3, 0.4) is 0 Å². The Bertz CT molecular complexity index is 674. The Hall–Kier alpha value is -1.97. The molecule has 4 heteroatoms. The number of hydrogen-bond acceptors (Lipinski definition) is 3. The minimum absolute atomic E-state index is 0.102. The van der Waals surface area contributed by atoms with Gasteiger partial charge >= 0.3 is 5.97 Å². The number of para-hydroxylation sites is 1. The van der Waals surface area contributed by atoms with E-state index < -0.39 is 5.97 Å². The zero-order valence-electron chi connectivity index (χ0n) is 16.7. The molecule has 0 fully saturated rings. The quantitative estimate of drug-likeness (QED) is 0.335. The summed E-state index contributed by atoms with van der Waals surface area (Å²) in [7, 11) is 0. The van der Waals surface area contributed by atoms with Gasteiger partial charge in [-0.2, -0.15) is 0 Å². The summed E-state index contributed by atoms with van der Waals surface area (Å²) < 4.78 is 11.2. The summed E-state index contributed by atoms with van der Waals surface area (Å²) in [6.45, 7) is 2.79. The van der Waals surface area contributed by atoms with Crippen molar-refractivity contribution in [3.05, 3.63) is 30.0 Å². The first-order valence-corrected chi connectivity index (χ1v) is 10.6. The van der Waals surface area contributed by atoms with Crippen molar-refractivity contribution in [1.29, 1.82) is 0 Å². The Morgan fingerprint density at radius 1 is 0.889 bits per heavy atom. The van der Waals surface area contributed by atoms with E-state index in [-0.39, 0.29) is 5.76 Å². The molecule has 0 radical (unpaired) electrons. The minimum atomic E-state index is -1.09. The van der Waals surface area contributed by atoms with Gasteiger partial charge in [-0.05, 0) is 18.6 Å². The number of aromatic carboxylic acids is 1. The predicted octanol–water partition coefficient (Wildman–Crippen LogP) is 7.21. The highest BCUT2D eigenvalue weighted by Gasteiger charge is 2.21. The molecular formula is C23H34O4. The number of benzene rings is 1. The van der Waals surface area contributed by atoms with Crippen molar-refractivity contribution < 1.29 is 19.1 Å². The number of carbonyl (C=O) groups is 1. The summed E-state index contributed by atoms with van der Waals surface area (Å²) >= 11 is 0. The fourth-order valence-corrected chi connectivity index (χ4v) is 3.42. The topological polar surface area (TPSA) is 59.7 Å². The smallest absolute Gasteiger partial charge is 0.375 e. The van der Waals surface area contributed by atoms with E-state index >= 15 is 0 Å². The number of fused-ring (bicyclic) bond motifs is 1. The highest BCUT2D eigenvalue weighted by atomic mass is 16.5. The maximum Gasteiger partial charge on any atom is 0.375 e. The lowest BCUT2D eigenvalue weighted by Crippen LogP contribution is -2.02. The van der Waals surface area contributed by atoms with E-state index in [1.807, 2.05) is 18.2 Å². The third-order valence-corrected chi connectivity index (χ3v) is 4.99. The van der Waals surface area contributed by atoms with Crippen molar-refractivity contribution in [2.24, 2.45) is 0 Å². The van der Waals surface area contributed by atoms with Gasteiger partial charge in [0.2, 0.25) is 0 Å². The summed E-state index contributed by atoms with van der Waals surface area (Å²) in [5.74, 6) is -0.827. The summed E-state index contributed by atoms with van der Waals surface area (Å²) in [5, 5.41) is 10.0. The Morgan fingerprint density at radius 3 is 2.04 bits per heavy atom. The molecule has 0 aliphatic heterocycles. The van der Waals surface area contributed by atoms with Crippen LogP contribution in [0.2, 0.25) is 0 Å². The molecule has 0 saturated carbocycles. The highest BCUT2D eigenvalue weighted by Crippen LogP contribution is 2.33. The van der Waals surface area contributed by atoms with Gasteiger partial charge in [0, 0.05) is 0 Å². The van der Waals surface area contributed by atoms with E-state index in [1.165, 1.54) is 64.2 Å². The van der Waals surface area contributed by atoms with Crippen molar-refractivity contribution in [3.8, 4) is 5.75 Å². The van der Waals surface area contributed by atoms with Crippen LogP contribution in [-0.2, 0) is 0 Å². The van der Waals surface area contributed by atoms with E-state index in [2.05, 4.69) is 6.92 Å². The molecule has 1 heterocycles. The minimum Gasteiger partial charge on any atom is -0.489 e. The highest BCUT2D eigenvalue weighted by molar-refractivity contribution is 5.97. The zero-order chi connectivity index (χ0) is 19.3. The molecule has 27 heavy (non-hydrogen) atoms. The van der Waals surface area contributed by atoms with Crippen molar-refractivity contribution in [2.75, 3.05) is 6.61 Å². The molecule has 0 spiro atoms. The molecule has 0 atom stereocenters. The summed E-state index contributed by atoms with van der Waals surface area (Å²) in [6.07, 6.45) is 15.5. The molecule has 0 aliphatic carbocycles. The molecule has 150 valence electrons. The summed E-state index contributed by atoms with van der Waals surface area (Å²) in [6, 6.07) is 7.29. The summed E-state index contributed by atoms with van der Waals surface area (Å²) in [5.41, 5.74) is 0.555. The first kappa shape index (κ1) is 21.3. The fourth-order valence-electron chi connectivity index (χ4n) is 3.42. The molecule has 4 nitrogen and oxygen atoms in total. The van der Waals surface area contributed by atoms with Crippen LogP contribution in [0, 0.1) is 0 Å². The molecular weight excluding hydrogens is 340 g/mol. The van der Waals surface area contributed by atoms with Gasteiger partial charge in [-0.3, -0.25) is 0 Å². The summed E-state index contributed by atoms with van der Waals surface area (Å²) in [4.78, 5) is 11.4. The molecule has 0 aliphatic rings. The predicted molar refractivity (Wildman–Crippen MR) is 110 cm³/mol. The number of hydrogen-bond donors (Lipinski definition) is 1. The van der Waals surface area contributed by atoms with Crippen LogP contribution in [0.1, 0.15) is 94.5 Å². The standard InChI is InChI=1S/C23H34O4/c1-2-3-4-5-6-7-8-9-10-11-12-15-18-26-21-19-16-13-14-17-20(19)27-22(21)23(24)25/h13-14,16-17H,2-12,15,18H2,1H3,(H,24,25). The number of carboxylic acid groups (broad SMARTS) is 1. The third-order valence-electron chi connectivity index (χ3n) is 4.99. The van der Waals surface area contributed by atoms with Gasteiger partial charge in [0.1, 0.15) is 5.58 Å². The molecule has 1 N–H and O–H groups in total. The van der Waals surface area contributed by atoms with Crippen LogP contribution in [0.5, 0.6) is 5.75 Å². The van der Waals surface area contributed by atoms with Gasteiger partial charge in [-0.15, -0.1) is 0 Å². The van der Waals surface area contributed by atoms with Gasteiger partial charge in [0.25, 0.3) is 5.76 Å². The number of unbranched alkanes of at least 4 members (excludes halogenated alkanes) is 11. The second-order valence-corrected chi connectivity index (χ2v) is 7.30. The van der Waals surface area contributed by atoms with Crippen LogP contribution >= 0.6 is 0 Å². The average Bonchev–Trinajstić information content (AvgIpc) is 3.04. The van der Waals surface area contributed by atoms with Gasteiger partial charge in [-0.25, -0.2) is 4.79 Å². The molecule has 2 rings (SSSR count). The first-order chi connectivity index (χ1) is 13.2. The lowest BCUT2D eigenvalue weighted by Gasteiger charge is -2.06.